The molecule has 6 heteroatoms. The minimum absolute atomic E-state index is 0.00132. The van der Waals surface area contributed by atoms with Crippen molar-refractivity contribution in [1.29, 1.82) is 0 Å². The van der Waals surface area contributed by atoms with E-state index in [0.717, 1.165) is 11.1 Å². The number of phenols is 2. The van der Waals surface area contributed by atoms with Gasteiger partial charge in [0, 0.05) is 29.1 Å². The summed E-state index contributed by atoms with van der Waals surface area (Å²) in [4.78, 5) is 0. The van der Waals surface area contributed by atoms with Crippen molar-refractivity contribution in [1.82, 2.24) is 0 Å². The molecule has 4 nitrogen and oxygen atoms in total. The average molecular weight is 369 g/mol. The Balaban J connectivity index is 2.17. The Morgan fingerprint density at radius 3 is 2.21 bits per heavy atom. The molecule has 0 amide bonds. The minimum Gasteiger partial charge on any atom is -0.508 e. The SMILES string of the molecule is COc1cc(CC=C(Cl)Cc2cc(O)cc(O)c2)c(OC)cc1Cl. The normalized spacial score (nSPS) is 11.4. The van der Waals surface area contributed by atoms with Crippen molar-refractivity contribution in [2.75, 3.05) is 14.2 Å². The molecule has 2 aromatic rings. The first-order valence-corrected chi connectivity index (χ1v) is 7.95. The summed E-state index contributed by atoms with van der Waals surface area (Å²) in [6.45, 7) is 0. The van der Waals surface area contributed by atoms with Crippen LogP contribution in [0.15, 0.2) is 41.4 Å². The fourth-order valence-corrected chi connectivity index (χ4v) is 2.79. The maximum absolute atomic E-state index is 9.50. The maximum atomic E-state index is 9.50. The Bertz CT molecular complexity index is 737. The lowest BCUT2D eigenvalue weighted by atomic mass is 10.1. The molecule has 0 heterocycles. The number of hydrogen-bond donors (Lipinski definition) is 2. The molecule has 128 valence electrons. The van der Waals surface area contributed by atoms with Crippen LogP contribution in [0.3, 0.4) is 0 Å². The van der Waals surface area contributed by atoms with Crippen molar-refractivity contribution < 1.29 is 19.7 Å². The van der Waals surface area contributed by atoms with Gasteiger partial charge in [-0.1, -0.05) is 29.3 Å². The second kappa shape index (κ2) is 8.18. The first kappa shape index (κ1) is 18.3. The molecule has 2 N–H and O–H groups in total. The zero-order valence-electron chi connectivity index (χ0n) is 13.3. The third-order valence-corrected chi connectivity index (χ3v) is 4.02. The molecule has 0 aliphatic carbocycles. The molecular formula is C18H18Cl2O4. The van der Waals surface area contributed by atoms with Crippen LogP contribution in [0.1, 0.15) is 11.1 Å². The van der Waals surface area contributed by atoms with E-state index in [9.17, 15) is 10.2 Å². The van der Waals surface area contributed by atoms with Crippen LogP contribution in [0.2, 0.25) is 5.02 Å². The second-order valence-corrected chi connectivity index (χ2v) is 6.08. The van der Waals surface area contributed by atoms with Crippen LogP contribution in [0.4, 0.5) is 0 Å². The van der Waals surface area contributed by atoms with E-state index < -0.39 is 0 Å². The van der Waals surface area contributed by atoms with Crippen molar-refractivity contribution >= 4 is 23.2 Å². The van der Waals surface area contributed by atoms with Gasteiger partial charge in [-0.25, -0.2) is 0 Å². The highest BCUT2D eigenvalue weighted by Gasteiger charge is 2.09. The quantitative estimate of drug-likeness (QED) is 0.777. The van der Waals surface area contributed by atoms with E-state index in [1.807, 2.05) is 12.1 Å². The predicted molar refractivity (Wildman–Crippen MR) is 95.7 cm³/mol. The second-order valence-electron chi connectivity index (χ2n) is 5.19. The van der Waals surface area contributed by atoms with Crippen molar-refractivity contribution in [2.45, 2.75) is 12.8 Å². The number of phenolic OH excluding ortho intramolecular Hbond substituents is 2. The van der Waals surface area contributed by atoms with Gasteiger partial charge in [-0.3, -0.25) is 0 Å². The summed E-state index contributed by atoms with van der Waals surface area (Å²) in [6.07, 6.45) is 2.77. The van der Waals surface area contributed by atoms with E-state index in [1.54, 1.807) is 32.4 Å². The van der Waals surface area contributed by atoms with Gasteiger partial charge in [-0.2, -0.15) is 0 Å². The van der Waals surface area contributed by atoms with Crippen molar-refractivity contribution in [2.24, 2.45) is 0 Å². The molecule has 0 saturated carbocycles. The molecule has 0 fully saturated rings. The van der Waals surface area contributed by atoms with Gasteiger partial charge in [0.05, 0.1) is 19.2 Å². The van der Waals surface area contributed by atoms with Crippen LogP contribution in [-0.4, -0.2) is 24.4 Å². The molecule has 0 radical (unpaired) electrons. The fourth-order valence-electron chi connectivity index (χ4n) is 2.33. The average Bonchev–Trinajstić information content (AvgIpc) is 2.52. The zero-order chi connectivity index (χ0) is 17.7. The van der Waals surface area contributed by atoms with Gasteiger partial charge in [0.1, 0.15) is 23.0 Å². The number of hydrogen-bond acceptors (Lipinski definition) is 4. The highest BCUT2D eigenvalue weighted by Crippen LogP contribution is 2.33. The number of rotatable bonds is 6. The topological polar surface area (TPSA) is 58.9 Å². The minimum atomic E-state index is -0.00132. The molecular weight excluding hydrogens is 351 g/mol. The van der Waals surface area contributed by atoms with Gasteiger partial charge < -0.3 is 19.7 Å². The van der Waals surface area contributed by atoms with Crippen LogP contribution < -0.4 is 9.47 Å². The number of halogens is 2. The summed E-state index contributed by atoms with van der Waals surface area (Å²) < 4.78 is 10.5. The number of ether oxygens (including phenoxy) is 2. The summed E-state index contributed by atoms with van der Waals surface area (Å²) in [5.41, 5.74) is 1.60. The Morgan fingerprint density at radius 1 is 1.00 bits per heavy atom. The molecule has 0 spiro atoms. The third-order valence-electron chi connectivity index (χ3n) is 3.43. The number of aromatic hydroxyl groups is 2. The monoisotopic (exact) mass is 368 g/mol. The summed E-state index contributed by atoms with van der Waals surface area (Å²) in [6, 6.07) is 7.89. The molecule has 0 unspecified atom stereocenters. The fraction of sp³-hybridized carbons (Fsp3) is 0.222. The van der Waals surface area contributed by atoms with Crippen LogP contribution in [0, 0.1) is 0 Å². The third kappa shape index (κ3) is 4.73. The Kier molecular flexibility index (Phi) is 6.23. The molecule has 2 rings (SSSR count). The van der Waals surface area contributed by atoms with Gasteiger partial charge in [0.15, 0.2) is 0 Å². The Morgan fingerprint density at radius 2 is 1.62 bits per heavy atom. The van der Waals surface area contributed by atoms with E-state index >= 15 is 0 Å². The molecule has 0 aromatic heterocycles. The van der Waals surface area contributed by atoms with Crippen molar-refractivity contribution in [3.05, 3.63) is 57.6 Å². The molecule has 0 bridgehead atoms. The van der Waals surface area contributed by atoms with Crippen LogP contribution in [-0.2, 0) is 12.8 Å². The van der Waals surface area contributed by atoms with Crippen LogP contribution in [0.25, 0.3) is 0 Å². The Labute approximate surface area is 150 Å². The molecule has 0 atom stereocenters. The summed E-state index contributed by atoms with van der Waals surface area (Å²) in [7, 11) is 3.12. The van der Waals surface area contributed by atoms with Crippen molar-refractivity contribution in [3.63, 3.8) is 0 Å². The predicted octanol–water partition coefficient (Wildman–Crippen LogP) is 4.68. The van der Waals surface area contributed by atoms with Gasteiger partial charge >= 0.3 is 0 Å². The van der Waals surface area contributed by atoms with Gasteiger partial charge in [0.25, 0.3) is 0 Å². The Hall–Kier alpha value is -2.04. The van der Waals surface area contributed by atoms with E-state index in [1.165, 1.54) is 6.07 Å². The van der Waals surface area contributed by atoms with Gasteiger partial charge in [-0.05, 0) is 30.2 Å². The molecule has 2 aromatic carbocycles. The molecule has 24 heavy (non-hydrogen) atoms. The van der Waals surface area contributed by atoms with Crippen molar-refractivity contribution in [3.8, 4) is 23.0 Å². The molecule has 0 aliphatic heterocycles. The first-order valence-electron chi connectivity index (χ1n) is 7.19. The van der Waals surface area contributed by atoms with Crippen LogP contribution in [0.5, 0.6) is 23.0 Å². The summed E-state index contributed by atoms with van der Waals surface area (Å²) in [5, 5.41) is 20.1. The summed E-state index contributed by atoms with van der Waals surface area (Å²) in [5.74, 6) is 1.21. The highest BCUT2D eigenvalue weighted by molar-refractivity contribution is 6.32. The van der Waals surface area contributed by atoms with E-state index in [0.29, 0.717) is 34.4 Å². The lowest BCUT2D eigenvalue weighted by Crippen LogP contribution is -1.94. The van der Waals surface area contributed by atoms with E-state index in [4.69, 9.17) is 32.7 Å². The largest absolute Gasteiger partial charge is 0.508 e. The lowest BCUT2D eigenvalue weighted by Gasteiger charge is -2.11. The standard InChI is InChI=1S/C18H18Cl2O4/c1-23-17-10-16(20)18(24-2)8-12(17)3-4-13(19)5-11-6-14(21)9-15(22)7-11/h4,6-10,21-22H,3,5H2,1-2H3. The zero-order valence-corrected chi connectivity index (χ0v) is 14.9. The van der Waals surface area contributed by atoms with Gasteiger partial charge in [-0.15, -0.1) is 0 Å². The number of methoxy groups -OCH3 is 2. The molecule has 0 saturated heterocycles. The molecule has 0 aliphatic rings. The number of allylic oxidation sites excluding steroid dienone is 2. The van der Waals surface area contributed by atoms with Crippen LogP contribution >= 0.6 is 23.2 Å². The van der Waals surface area contributed by atoms with E-state index in [-0.39, 0.29) is 11.5 Å². The lowest BCUT2D eigenvalue weighted by molar-refractivity contribution is 0.400. The number of benzene rings is 2. The smallest absolute Gasteiger partial charge is 0.138 e. The van der Waals surface area contributed by atoms with Gasteiger partial charge in [0.2, 0.25) is 0 Å². The highest BCUT2D eigenvalue weighted by atomic mass is 35.5. The maximum Gasteiger partial charge on any atom is 0.138 e. The first-order chi connectivity index (χ1) is 11.4. The van der Waals surface area contributed by atoms with E-state index in [2.05, 4.69) is 0 Å². The summed E-state index contributed by atoms with van der Waals surface area (Å²) >= 11 is 12.4.